The second-order valence-corrected chi connectivity index (χ2v) is 6.00. The normalized spacial score (nSPS) is 11.0. The lowest BCUT2D eigenvalue weighted by Gasteiger charge is -2.14. The van der Waals surface area contributed by atoms with Gasteiger partial charge in [-0.05, 0) is 36.6 Å². The summed E-state index contributed by atoms with van der Waals surface area (Å²) < 4.78 is 12.3. The number of benzene rings is 1. The van der Waals surface area contributed by atoms with E-state index in [9.17, 15) is 4.79 Å². The van der Waals surface area contributed by atoms with Gasteiger partial charge in [0.25, 0.3) is 5.56 Å². The van der Waals surface area contributed by atoms with Crippen LogP contribution in [0.4, 0.5) is 0 Å². The van der Waals surface area contributed by atoms with Crippen molar-refractivity contribution in [2.45, 2.75) is 13.5 Å². The molecule has 0 saturated carbocycles. The molecule has 130 valence electrons. The quantitative estimate of drug-likeness (QED) is 0.566. The summed E-state index contributed by atoms with van der Waals surface area (Å²) in [6.45, 7) is 2.27. The molecule has 0 bridgehead atoms. The predicted octanol–water partition coefficient (Wildman–Crippen LogP) is 3.42. The van der Waals surface area contributed by atoms with E-state index in [4.69, 9.17) is 9.26 Å². The molecule has 0 N–H and O–H groups in total. The minimum Gasteiger partial charge on any atom is -0.496 e. The molecule has 3 aromatic heterocycles. The Morgan fingerprint density at radius 2 is 2.04 bits per heavy atom. The first kappa shape index (κ1) is 16.1. The van der Waals surface area contributed by atoms with Gasteiger partial charge in [0.15, 0.2) is 0 Å². The summed E-state index contributed by atoms with van der Waals surface area (Å²) in [7, 11) is 1.61. The van der Waals surface area contributed by atoms with Gasteiger partial charge in [-0.2, -0.15) is 0 Å². The predicted molar refractivity (Wildman–Crippen MR) is 98.3 cm³/mol. The van der Waals surface area contributed by atoms with E-state index in [-0.39, 0.29) is 5.56 Å². The Bertz CT molecular complexity index is 1130. The fraction of sp³-hybridized carbons (Fsp3) is 0.150. The first-order valence-corrected chi connectivity index (χ1v) is 8.20. The third-order valence-corrected chi connectivity index (χ3v) is 4.40. The number of pyridine rings is 2. The van der Waals surface area contributed by atoms with E-state index in [1.807, 2.05) is 43.3 Å². The van der Waals surface area contributed by atoms with Crippen molar-refractivity contribution in [3.05, 3.63) is 76.7 Å². The van der Waals surface area contributed by atoms with Crippen molar-refractivity contribution in [2.75, 3.05) is 7.11 Å². The number of aryl methyl sites for hydroxylation is 1. The van der Waals surface area contributed by atoms with Gasteiger partial charge >= 0.3 is 0 Å². The number of rotatable bonds is 4. The Kier molecular flexibility index (Phi) is 4.01. The summed E-state index contributed by atoms with van der Waals surface area (Å²) in [5.74, 6) is 0.657. The number of hydrogen-bond donors (Lipinski definition) is 0. The second-order valence-electron chi connectivity index (χ2n) is 6.00. The van der Waals surface area contributed by atoms with Crippen LogP contribution in [0.1, 0.15) is 11.4 Å². The Morgan fingerprint density at radius 1 is 1.15 bits per heavy atom. The number of methoxy groups -OCH3 is 1. The topological polar surface area (TPSA) is 70.2 Å². The molecule has 0 unspecified atom stereocenters. The third kappa shape index (κ3) is 2.75. The lowest BCUT2D eigenvalue weighted by atomic mass is 10.0. The Labute approximate surface area is 149 Å². The molecule has 4 rings (SSSR count). The Hall–Kier alpha value is -3.41. The van der Waals surface area contributed by atoms with Gasteiger partial charge < -0.3 is 13.8 Å². The van der Waals surface area contributed by atoms with Gasteiger partial charge in [-0.25, -0.2) is 0 Å². The summed E-state index contributed by atoms with van der Waals surface area (Å²) in [5, 5.41) is 4.87. The number of hydrogen-bond acceptors (Lipinski definition) is 5. The summed E-state index contributed by atoms with van der Waals surface area (Å²) in [4.78, 5) is 16.8. The summed E-state index contributed by atoms with van der Waals surface area (Å²) >= 11 is 0. The van der Waals surface area contributed by atoms with Crippen LogP contribution in [0.5, 0.6) is 5.75 Å². The van der Waals surface area contributed by atoms with Gasteiger partial charge in [-0.1, -0.05) is 11.2 Å². The standard InChI is InChI=1S/C20H17N3O3/c1-13-17(12-26-22-13)16-9-14-6-7-20(24)23(18(14)10-19(16)25-2)11-15-5-3-4-8-21-15/h3-10,12H,11H2,1-2H3. The maximum atomic E-state index is 12.5. The highest BCUT2D eigenvalue weighted by Crippen LogP contribution is 2.35. The molecule has 1 aromatic carbocycles. The second kappa shape index (κ2) is 6.48. The number of nitrogens with zero attached hydrogens (tertiary/aromatic N) is 3. The van der Waals surface area contributed by atoms with Gasteiger partial charge in [0.1, 0.15) is 12.0 Å². The average molecular weight is 347 g/mol. The molecule has 6 heteroatoms. The fourth-order valence-electron chi connectivity index (χ4n) is 3.07. The van der Waals surface area contributed by atoms with Crippen molar-refractivity contribution in [2.24, 2.45) is 0 Å². The summed E-state index contributed by atoms with van der Waals surface area (Å²) in [6.07, 6.45) is 3.32. The van der Waals surface area contributed by atoms with E-state index in [1.165, 1.54) is 0 Å². The average Bonchev–Trinajstić information content (AvgIpc) is 3.09. The molecule has 0 atom stereocenters. The highest BCUT2D eigenvalue weighted by molar-refractivity contribution is 5.89. The smallest absolute Gasteiger partial charge is 0.251 e. The van der Waals surface area contributed by atoms with Crippen molar-refractivity contribution in [1.29, 1.82) is 0 Å². The maximum Gasteiger partial charge on any atom is 0.251 e. The maximum absolute atomic E-state index is 12.5. The van der Waals surface area contributed by atoms with Crippen LogP contribution in [-0.4, -0.2) is 21.8 Å². The van der Waals surface area contributed by atoms with Gasteiger partial charge in [-0.3, -0.25) is 9.78 Å². The number of aromatic nitrogens is 3. The van der Waals surface area contributed by atoms with E-state index in [0.717, 1.165) is 33.4 Å². The monoisotopic (exact) mass is 347 g/mol. The molecule has 0 fully saturated rings. The molecule has 0 amide bonds. The van der Waals surface area contributed by atoms with Crippen LogP contribution in [-0.2, 0) is 6.54 Å². The summed E-state index contributed by atoms with van der Waals surface area (Å²) in [5.41, 5.74) is 4.05. The minimum atomic E-state index is -0.0842. The number of fused-ring (bicyclic) bond motifs is 1. The van der Waals surface area contributed by atoms with Gasteiger partial charge in [-0.15, -0.1) is 0 Å². The van der Waals surface area contributed by atoms with E-state index in [2.05, 4.69) is 10.1 Å². The van der Waals surface area contributed by atoms with Crippen LogP contribution < -0.4 is 10.3 Å². The zero-order chi connectivity index (χ0) is 18.1. The van der Waals surface area contributed by atoms with E-state index >= 15 is 0 Å². The molecule has 3 heterocycles. The van der Waals surface area contributed by atoms with Crippen molar-refractivity contribution in [1.82, 2.24) is 14.7 Å². The molecule has 4 aromatic rings. The van der Waals surface area contributed by atoms with Crippen molar-refractivity contribution >= 4 is 10.9 Å². The first-order chi connectivity index (χ1) is 12.7. The highest BCUT2D eigenvalue weighted by Gasteiger charge is 2.15. The molecule has 0 aliphatic carbocycles. The zero-order valence-corrected chi connectivity index (χ0v) is 14.5. The van der Waals surface area contributed by atoms with Crippen molar-refractivity contribution in [3.63, 3.8) is 0 Å². The molecule has 0 spiro atoms. The largest absolute Gasteiger partial charge is 0.496 e. The van der Waals surface area contributed by atoms with Gasteiger partial charge in [0.05, 0.1) is 30.6 Å². The van der Waals surface area contributed by atoms with Crippen molar-refractivity contribution in [3.8, 4) is 16.9 Å². The number of ether oxygens (including phenoxy) is 1. The van der Waals surface area contributed by atoms with Crippen molar-refractivity contribution < 1.29 is 9.26 Å². The molecule has 6 nitrogen and oxygen atoms in total. The van der Waals surface area contributed by atoms with Gasteiger partial charge in [0, 0.05) is 29.5 Å². The molecule has 0 radical (unpaired) electrons. The summed E-state index contributed by atoms with van der Waals surface area (Å²) in [6, 6.07) is 12.9. The van der Waals surface area contributed by atoms with Crippen LogP contribution in [0.3, 0.4) is 0 Å². The van der Waals surface area contributed by atoms with Crippen LogP contribution in [0.25, 0.3) is 22.0 Å². The van der Waals surface area contributed by atoms with E-state index < -0.39 is 0 Å². The molecule has 0 aliphatic heterocycles. The Morgan fingerprint density at radius 3 is 2.73 bits per heavy atom. The van der Waals surface area contributed by atoms with E-state index in [1.54, 1.807) is 30.2 Å². The van der Waals surface area contributed by atoms with Crippen LogP contribution in [0, 0.1) is 6.92 Å². The molecule has 26 heavy (non-hydrogen) atoms. The van der Waals surface area contributed by atoms with Crippen LogP contribution >= 0.6 is 0 Å². The highest BCUT2D eigenvalue weighted by atomic mass is 16.5. The molecular weight excluding hydrogens is 330 g/mol. The molecule has 0 saturated heterocycles. The van der Waals surface area contributed by atoms with Crippen LogP contribution in [0.15, 0.2) is 64.2 Å². The van der Waals surface area contributed by atoms with Crippen LogP contribution in [0.2, 0.25) is 0 Å². The fourth-order valence-corrected chi connectivity index (χ4v) is 3.07. The molecular formula is C20H17N3O3. The third-order valence-electron chi connectivity index (χ3n) is 4.40. The zero-order valence-electron chi connectivity index (χ0n) is 14.5. The first-order valence-electron chi connectivity index (χ1n) is 8.20. The van der Waals surface area contributed by atoms with E-state index in [0.29, 0.717) is 12.3 Å². The minimum absolute atomic E-state index is 0.0842. The Balaban J connectivity index is 1.93. The molecule has 0 aliphatic rings. The van der Waals surface area contributed by atoms with Gasteiger partial charge in [0.2, 0.25) is 0 Å². The SMILES string of the molecule is COc1cc2c(ccc(=O)n2Cc2ccccn2)cc1-c1conc1C. The lowest BCUT2D eigenvalue weighted by molar-refractivity contribution is 0.413. The lowest BCUT2D eigenvalue weighted by Crippen LogP contribution is -2.20.